The van der Waals surface area contributed by atoms with E-state index in [9.17, 15) is 22.4 Å². The number of rotatable bonds is 5. The van der Waals surface area contributed by atoms with E-state index in [1.165, 1.54) is 12.1 Å². The zero-order chi connectivity index (χ0) is 15.6. The first-order chi connectivity index (χ1) is 9.01. The molecule has 1 aromatic carbocycles. The van der Waals surface area contributed by atoms with Crippen LogP contribution in [0, 0.1) is 5.41 Å². The maximum atomic E-state index is 12.7. The average Bonchev–Trinajstić information content (AvgIpc) is 2.26. The van der Waals surface area contributed by atoms with Crippen LogP contribution in [0.15, 0.2) is 24.3 Å². The van der Waals surface area contributed by atoms with Crippen molar-refractivity contribution in [3.05, 3.63) is 29.8 Å². The van der Waals surface area contributed by atoms with Gasteiger partial charge in [-0.05, 0) is 29.7 Å². The van der Waals surface area contributed by atoms with E-state index in [2.05, 4.69) is 4.74 Å². The van der Waals surface area contributed by atoms with Gasteiger partial charge in [0.15, 0.2) is 5.78 Å². The summed E-state index contributed by atoms with van der Waals surface area (Å²) in [5.41, 5.74) is 0.127. The van der Waals surface area contributed by atoms with E-state index in [1.807, 2.05) is 20.8 Å². The first kappa shape index (κ1) is 16.5. The second-order valence-corrected chi connectivity index (χ2v) is 5.65. The van der Waals surface area contributed by atoms with Crippen molar-refractivity contribution in [2.75, 3.05) is 0 Å². The summed E-state index contributed by atoms with van der Waals surface area (Å²) >= 11 is 0. The Hall–Kier alpha value is -1.59. The smallest absolute Gasteiger partial charge is 0.428 e. The Morgan fingerprint density at radius 1 is 1.15 bits per heavy atom. The van der Waals surface area contributed by atoms with Crippen LogP contribution in [0.25, 0.3) is 0 Å². The molecule has 0 atom stereocenters. The molecule has 0 fully saturated rings. The SMILES string of the molecule is CC(C)(C)CC(=O)c1ccc(OC(F)(F)C(F)F)cc1. The van der Waals surface area contributed by atoms with Gasteiger partial charge in [0.25, 0.3) is 0 Å². The largest absolute Gasteiger partial charge is 0.461 e. The lowest BCUT2D eigenvalue weighted by molar-refractivity contribution is -0.253. The second-order valence-electron chi connectivity index (χ2n) is 5.65. The molecular formula is C14H16F4O2. The normalized spacial score (nSPS) is 12.6. The van der Waals surface area contributed by atoms with Gasteiger partial charge in [0.1, 0.15) is 5.75 Å². The van der Waals surface area contributed by atoms with Gasteiger partial charge < -0.3 is 4.74 Å². The number of hydrogen-bond donors (Lipinski definition) is 0. The quantitative estimate of drug-likeness (QED) is 0.588. The number of carbonyl (C=O) groups is 1. The summed E-state index contributed by atoms with van der Waals surface area (Å²) < 4.78 is 53.2. The van der Waals surface area contributed by atoms with Crippen molar-refractivity contribution < 1.29 is 27.1 Å². The van der Waals surface area contributed by atoms with Gasteiger partial charge in [-0.1, -0.05) is 20.8 Å². The molecule has 1 rings (SSSR count). The summed E-state index contributed by atoms with van der Waals surface area (Å²) in [4.78, 5) is 11.9. The van der Waals surface area contributed by atoms with Gasteiger partial charge in [-0.25, -0.2) is 0 Å². The van der Waals surface area contributed by atoms with Crippen molar-refractivity contribution in [1.82, 2.24) is 0 Å². The minimum Gasteiger partial charge on any atom is -0.428 e. The van der Waals surface area contributed by atoms with Crippen LogP contribution in [-0.2, 0) is 0 Å². The molecule has 0 unspecified atom stereocenters. The molecule has 0 amide bonds. The molecule has 0 aliphatic carbocycles. The maximum absolute atomic E-state index is 12.7. The van der Waals surface area contributed by atoms with E-state index in [-0.39, 0.29) is 11.2 Å². The molecule has 2 nitrogen and oxygen atoms in total. The van der Waals surface area contributed by atoms with Gasteiger partial charge in [0.05, 0.1) is 0 Å². The van der Waals surface area contributed by atoms with Crippen LogP contribution in [0.2, 0.25) is 0 Å². The van der Waals surface area contributed by atoms with Crippen LogP contribution >= 0.6 is 0 Å². The fourth-order valence-electron chi connectivity index (χ4n) is 1.49. The molecule has 0 aromatic heterocycles. The van der Waals surface area contributed by atoms with Crippen LogP contribution in [0.1, 0.15) is 37.6 Å². The highest BCUT2D eigenvalue weighted by molar-refractivity contribution is 5.96. The third kappa shape index (κ3) is 4.83. The van der Waals surface area contributed by atoms with E-state index in [1.54, 1.807) is 0 Å². The zero-order valence-corrected chi connectivity index (χ0v) is 11.4. The van der Waals surface area contributed by atoms with Crippen LogP contribution in [0.5, 0.6) is 5.75 Å². The number of halogens is 4. The van der Waals surface area contributed by atoms with Gasteiger partial charge in [-0.15, -0.1) is 0 Å². The molecule has 0 N–H and O–H groups in total. The van der Waals surface area contributed by atoms with Crippen LogP contribution < -0.4 is 4.74 Å². The highest BCUT2D eigenvalue weighted by Gasteiger charge is 2.43. The van der Waals surface area contributed by atoms with Gasteiger partial charge >= 0.3 is 12.5 Å². The number of Topliss-reactive ketones (excluding diaryl/α,β-unsaturated/α-hetero) is 1. The molecule has 0 spiro atoms. The Balaban J connectivity index is 2.77. The molecule has 0 aliphatic rings. The van der Waals surface area contributed by atoms with Crippen molar-refractivity contribution in [2.45, 2.75) is 39.7 Å². The minimum atomic E-state index is -4.54. The minimum absolute atomic E-state index is 0.148. The third-order valence-corrected chi connectivity index (χ3v) is 2.38. The number of ketones is 1. The van der Waals surface area contributed by atoms with Gasteiger partial charge in [-0.3, -0.25) is 4.79 Å². The second kappa shape index (κ2) is 5.81. The van der Waals surface area contributed by atoms with E-state index in [4.69, 9.17) is 0 Å². The van der Waals surface area contributed by atoms with E-state index >= 15 is 0 Å². The molecule has 6 heteroatoms. The summed E-state index contributed by atoms with van der Waals surface area (Å²) in [5, 5.41) is 0. The predicted molar refractivity (Wildman–Crippen MR) is 66.4 cm³/mol. The highest BCUT2D eigenvalue weighted by atomic mass is 19.3. The first-order valence-electron chi connectivity index (χ1n) is 5.99. The Morgan fingerprint density at radius 2 is 1.65 bits per heavy atom. The molecule has 0 radical (unpaired) electrons. The third-order valence-electron chi connectivity index (χ3n) is 2.38. The molecule has 0 saturated carbocycles. The number of benzene rings is 1. The summed E-state index contributed by atoms with van der Waals surface area (Å²) in [5.74, 6) is -0.563. The molecule has 0 heterocycles. The van der Waals surface area contributed by atoms with Crippen molar-refractivity contribution in [1.29, 1.82) is 0 Å². The molecule has 0 aliphatic heterocycles. The number of alkyl halides is 4. The van der Waals surface area contributed by atoms with Crippen molar-refractivity contribution in [2.24, 2.45) is 5.41 Å². The van der Waals surface area contributed by atoms with E-state index < -0.39 is 18.3 Å². The lowest BCUT2D eigenvalue weighted by Gasteiger charge is -2.18. The Bertz CT molecular complexity index is 461. The molecule has 20 heavy (non-hydrogen) atoms. The fraction of sp³-hybridized carbons (Fsp3) is 0.500. The first-order valence-corrected chi connectivity index (χ1v) is 5.99. The van der Waals surface area contributed by atoms with Crippen LogP contribution in [0.4, 0.5) is 17.6 Å². The standard InChI is InChI=1S/C14H16F4O2/c1-13(2,3)8-11(19)9-4-6-10(7-5-9)20-14(17,18)12(15)16/h4-7,12H,8H2,1-3H3. The molecule has 0 bridgehead atoms. The monoisotopic (exact) mass is 292 g/mol. The number of carbonyl (C=O) groups excluding carboxylic acids is 1. The zero-order valence-electron chi connectivity index (χ0n) is 11.4. The molecule has 1 aromatic rings. The van der Waals surface area contributed by atoms with Gasteiger partial charge in [0.2, 0.25) is 0 Å². The Labute approximate surface area is 114 Å². The molecule has 0 saturated heterocycles. The lowest BCUT2D eigenvalue weighted by Crippen LogP contribution is -2.33. The van der Waals surface area contributed by atoms with E-state index in [0.717, 1.165) is 12.1 Å². The predicted octanol–water partition coefficient (Wildman–Crippen LogP) is 4.54. The van der Waals surface area contributed by atoms with Crippen molar-refractivity contribution in [3.63, 3.8) is 0 Å². The lowest BCUT2D eigenvalue weighted by atomic mass is 9.88. The Kier molecular flexibility index (Phi) is 4.78. The summed E-state index contributed by atoms with van der Waals surface area (Å²) in [6.45, 7) is 5.68. The van der Waals surface area contributed by atoms with E-state index in [0.29, 0.717) is 12.0 Å². The Morgan fingerprint density at radius 3 is 2.05 bits per heavy atom. The number of hydrogen-bond acceptors (Lipinski definition) is 2. The summed E-state index contributed by atoms with van der Waals surface area (Å²) in [6.07, 6.45) is -8.16. The van der Waals surface area contributed by atoms with Gasteiger partial charge in [-0.2, -0.15) is 17.6 Å². The number of ether oxygens (including phenoxy) is 1. The summed E-state index contributed by atoms with van der Waals surface area (Å²) in [7, 11) is 0. The maximum Gasteiger partial charge on any atom is 0.461 e. The molecular weight excluding hydrogens is 276 g/mol. The van der Waals surface area contributed by atoms with Crippen LogP contribution in [0.3, 0.4) is 0 Å². The van der Waals surface area contributed by atoms with Crippen molar-refractivity contribution in [3.8, 4) is 5.75 Å². The fourth-order valence-corrected chi connectivity index (χ4v) is 1.49. The highest BCUT2D eigenvalue weighted by Crippen LogP contribution is 2.28. The topological polar surface area (TPSA) is 26.3 Å². The summed E-state index contributed by atoms with van der Waals surface area (Å²) in [6, 6.07) is 4.72. The van der Waals surface area contributed by atoms with Crippen molar-refractivity contribution >= 4 is 5.78 Å². The van der Waals surface area contributed by atoms with Crippen LogP contribution in [-0.4, -0.2) is 18.3 Å². The van der Waals surface area contributed by atoms with Gasteiger partial charge in [0, 0.05) is 12.0 Å². The molecule has 112 valence electrons. The average molecular weight is 292 g/mol.